The molecule has 5 rings (SSSR count). The fraction of sp³-hybridized carbons (Fsp3) is 0.379. The number of sulfonamides is 1. The smallest absolute Gasteiger partial charge is 0.242 e. The highest BCUT2D eigenvalue weighted by Gasteiger charge is 2.44. The Balaban J connectivity index is 1.29. The largest absolute Gasteiger partial charge is 0.303 e. The number of likely N-dealkylation sites (tertiary alicyclic amines) is 1. The zero-order chi connectivity index (χ0) is 26.9. The van der Waals surface area contributed by atoms with E-state index in [4.69, 9.17) is 23.2 Å². The third-order valence-electron chi connectivity index (χ3n) is 8.06. The van der Waals surface area contributed by atoms with E-state index in [9.17, 15) is 12.6 Å². The van der Waals surface area contributed by atoms with E-state index in [-0.39, 0.29) is 16.2 Å². The fourth-order valence-electron chi connectivity index (χ4n) is 5.78. The summed E-state index contributed by atoms with van der Waals surface area (Å²) in [6.07, 6.45) is 2.74. The first kappa shape index (κ1) is 27.8. The van der Waals surface area contributed by atoms with E-state index in [1.165, 1.54) is 9.87 Å². The molecule has 3 aromatic rings. The lowest BCUT2D eigenvalue weighted by Gasteiger charge is -2.40. The molecule has 202 valence electrons. The number of benzene rings is 3. The number of likely N-dealkylation sites (N-methyl/N-ethyl adjacent to an activating group) is 1. The number of nitrogens with zero attached hydrogens (tertiary/aromatic N) is 2. The molecule has 3 aromatic carbocycles. The van der Waals surface area contributed by atoms with Crippen LogP contribution in [0.5, 0.6) is 0 Å². The number of hydrogen-bond donors (Lipinski definition) is 0. The molecule has 0 saturated carbocycles. The summed E-state index contributed by atoms with van der Waals surface area (Å²) in [5.74, 6) is 0.665. The minimum atomic E-state index is -3.62. The van der Waals surface area contributed by atoms with Crippen LogP contribution in [-0.4, -0.2) is 60.8 Å². The van der Waals surface area contributed by atoms with Crippen molar-refractivity contribution in [2.24, 2.45) is 0 Å². The third-order valence-corrected chi connectivity index (χ3v) is 12.3. The molecule has 1 spiro atoms. The maximum Gasteiger partial charge on any atom is 0.242 e. The average Bonchev–Trinajstić information content (AvgIpc) is 3.20. The zero-order valence-corrected chi connectivity index (χ0v) is 24.5. The van der Waals surface area contributed by atoms with Gasteiger partial charge in [0.2, 0.25) is 10.0 Å². The number of halogens is 2. The van der Waals surface area contributed by atoms with Crippen molar-refractivity contribution in [1.29, 1.82) is 0 Å². The Hall–Kier alpha value is -1.74. The second kappa shape index (κ2) is 11.4. The molecule has 2 heterocycles. The Labute approximate surface area is 238 Å². The van der Waals surface area contributed by atoms with Gasteiger partial charge in [-0.1, -0.05) is 65.7 Å². The van der Waals surface area contributed by atoms with Gasteiger partial charge >= 0.3 is 0 Å². The molecule has 1 saturated heterocycles. The van der Waals surface area contributed by atoms with E-state index in [0.29, 0.717) is 22.3 Å². The summed E-state index contributed by atoms with van der Waals surface area (Å²) in [4.78, 5) is 3.74. The van der Waals surface area contributed by atoms with Crippen molar-refractivity contribution in [2.45, 2.75) is 40.4 Å². The molecule has 0 aromatic heterocycles. The van der Waals surface area contributed by atoms with Crippen LogP contribution < -0.4 is 0 Å². The molecule has 2 aliphatic heterocycles. The van der Waals surface area contributed by atoms with Crippen LogP contribution in [0.15, 0.2) is 82.6 Å². The molecular formula is C29H32Cl2N2O3S2. The van der Waals surface area contributed by atoms with Crippen LogP contribution in [0, 0.1) is 0 Å². The molecule has 9 heteroatoms. The third kappa shape index (κ3) is 5.60. The van der Waals surface area contributed by atoms with Crippen molar-refractivity contribution in [3.63, 3.8) is 0 Å². The van der Waals surface area contributed by atoms with Crippen molar-refractivity contribution in [3.05, 3.63) is 94.0 Å². The Morgan fingerprint density at radius 3 is 2.37 bits per heavy atom. The van der Waals surface area contributed by atoms with Gasteiger partial charge in [-0.3, -0.25) is 4.21 Å². The van der Waals surface area contributed by atoms with Crippen molar-refractivity contribution in [2.75, 3.05) is 39.0 Å². The van der Waals surface area contributed by atoms with Gasteiger partial charge in [-0.15, -0.1) is 0 Å². The van der Waals surface area contributed by atoms with Gasteiger partial charge in [-0.05, 0) is 86.3 Å². The van der Waals surface area contributed by atoms with E-state index >= 15 is 0 Å². The Kier molecular flexibility index (Phi) is 8.34. The van der Waals surface area contributed by atoms with Crippen LogP contribution in [0.1, 0.15) is 36.3 Å². The van der Waals surface area contributed by atoms with Crippen LogP contribution in [0.2, 0.25) is 10.0 Å². The van der Waals surface area contributed by atoms with Gasteiger partial charge in [0, 0.05) is 29.7 Å². The van der Waals surface area contributed by atoms with Crippen molar-refractivity contribution >= 4 is 44.0 Å². The second-order valence-corrected chi connectivity index (χ2v) is 14.6. The van der Waals surface area contributed by atoms with Gasteiger partial charge in [0.25, 0.3) is 0 Å². The summed E-state index contributed by atoms with van der Waals surface area (Å²) in [6, 6.07) is 22.3. The molecule has 38 heavy (non-hydrogen) atoms. The predicted octanol–water partition coefficient (Wildman–Crippen LogP) is 5.94. The van der Waals surface area contributed by atoms with Crippen LogP contribution in [0.25, 0.3) is 0 Å². The number of rotatable bonds is 8. The molecule has 1 unspecified atom stereocenters. The van der Waals surface area contributed by atoms with E-state index in [1.807, 2.05) is 30.3 Å². The molecule has 0 amide bonds. The highest BCUT2D eigenvalue weighted by Crippen LogP contribution is 2.45. The summed E-state index contributed by atoms with van der Waals surface area (Å²) in [7, 11) is -2.91. The summed E-state index contributed by atoms with van der Waals surface area (Å²) < 4.78 is 40.7. The van der Waals surface area contributed by atoms with E-state index in [0.717, 1.165) is 49.4 Å². The lowest BCUT2D eigenvalue weighted by Crippen LogP contribution is -2.44. The van der Waals surface area contributed by atoms with Gasteiger partial charge < -0.3 is 4.90 Å². The Morgan fingerprint density at radius 2 is 1.66 bits per heavy atom. The average molecular weight is 592 g/mol. The fourth-order valence-corrected chi connectivity index (χ4v) is 9.18. The summed E-state index contributed by atoms with van der Waals surface area (Å²) in [5.41, 5.74) is 2.24. The lowest BCUT2D eigenvalue weighted by atomic mass is 9.74. The van der Waals surface area contributed by atoms with Crippen LogP contribution in [0.4, 0.5) is 0 Å². The zero-order valence-electron chi connectivity index (χ0n) is 21.4. The highest BCUT2D eigenvalue weighted by molar-refractivity contribution is 7.89. The molecule has 0 radical (unpaired) electrons. The van der Waals surface area contributed by atoms with Crippen LogP contribution in [-0.2, 0) is 26.2 Å². The molecule has 0 aliphatic carbocycles. The maximum atomic E-state index is 13.2. The minimum absolute atomic E-state index is 0.00500. The Morgan fingerprint density at radius 1 is 0.974 bits per heavy atom. The van der Waals surface area contributed by atoms with Gasteiger partial charge in [-0.2, -0.15) is 0 Å². The molecule has 0 N–H and O–H groups in total. The van der Waals surface area contributed by atoms with Crippen molar-refractivity contribution in [1.82, 2.24) is 9.21 Å². The van der Waals surface area contributed by atoms with E-state index in [2.05, 4.69) is 17.0 Å². The normalized spacial score (nSPS) is 20.1. The quantitative estimate of drug-likeness (QED) is 0.325. The first-order valence-corrected chi connectivity index (χ1v) is 16.4. The summed E-state index contributed by atoms with van der Waals surface area (Å²) in [5, 5.41) is 0.950. The monoisotopic (exact) mass is 590 g/mol. The van der Waals surface area contributed by atoms with Gasteiger partial charge in [0.15, 0.2) is 0 Å². The van der Waals surface area contributed by atoms with Crippen molar-refractivity contribution in [3.8, 4) is 0 Å². The maximum absolute atomic E-state index is 13.2. The van der Waals surface area contributed by atoms with Crippen molar-refractivity contribution < 1.29 is 12.6 Å². The number of hydrogen-bond acceptors (Lipinski definition) is 4. The first-order chi connectivity index (χ1) is 18.2. The molecule has 0 bridgehead atoms. The second-order valence-electron chi connectivity index (χ2n) is 10.4. The highest BCUT2D eigenvalue weighted by atomic mass is 35.5. The SMILES string of the molecule is CN(C[C@@H](CCN1CCC2(CC1)CS(=O)c1ccccc12)c1ccc(Cl)c(Cl)c1)S(=O)(=O)c1ccccc1. The lowest BCUT2D eigenvalue weighted by molar-refractivity contribution is 0.165. The van der Waals surface area contributed by atoms with Gasteiger partial charge in [0.1, 0.15) is 0 Å². The first-order valence-electron chi connectivity index (χ1n) is 12.9. The van der Waals surface area contributed by atoms with E-state index in [1.54, 1.807) is 37.4 Å². The van der Waals surface area contributed by atoms with Crippen LogP contribution >= 0.6 is 23.2 Å². The molecule has 2 aliphatic rings. The standard InChI is InChI=1S/C29H32Cl2N2O3S2/c1-32(38(35,36)24-7-3-2-4-8-24)20-23(22-11-12-26(30)27(31)19-22)13-16-33-17-14-29(15-18-33)21-37(34)28-10-6-5-9-25(28)29/h2-12,19,23H,13-18,20-21H2,1H3/t23-,37?/m1/s1. The summed E-state index contributed by atoms with van der Waals surface area (Å²) in [6.45, 7) is 3.03. The van der Waals surface area contributed by atoms with Crippen LogP contribution in [0.3, 0.4) is 0 Å². The number of piperidine rings is 1. The van der Waals surface area contributed by atoms with Gasteiger partial charge in [-0.25, -0.2) is 12.7 Å². The van der Waals surface area contributed by atoms with Gasteiger partial charge in [0.05, 0.1) is 25.7 Å². The van der Waals surface area contributed by atoms with E-state index < -0.39 is 20.8 Å². The molecule has 5 nitrogen and oxygen atoms in total. The topological polar surface area (TPSA) is 57.7 Å². The molecule has 2 atom stereocenters. The number of fused-ring (bicyclic) bond motifs is 2. The molecule has 1 fully saturated rings. The summed E-state index contributed by atoms with van der Waals surface area (Å²) >= 11 is 12.5. The molecular weight excluding hydrogens is 559 g/mol. The minimum Gasteiger partial charge on any atom is -0.303 e. The Bertz CT molecular complexity index is 1420. The predicted molar refractivity (Wildman–Crippen MR) is 155 cm³/mol.